The first-order valence-electron chi connectivity index (χ1n) is 5.12. The third-order valence-corrected chi connectivity index (χ3v) is 2.87. The number of hydrogen-bond donors (Lipinski definition) is 0. The molecule has 0 radical (unpaired) electrons. The van der Waals surface area contributed by atoms with E-state index >= 15 is 0 Å². The molecular formula is C13H28. The van der Waals surface area contributed by atoms with Crippen molar-refractivity contribution in [3.8, 4) is 0 Å². The molecule has 0 atom stereocenters. The van der Waals surface area contributed by atoms with Crippen LogP contribution < -0.4 is 0 Å². The summed E-state index contributed by atoms with van der Waals surface area (Å²) in [4.78, 5) is 0. The molecule has 0 unspecified atom stereocenters. The molecule has 0 heteroatoms. The van der Waals surface area contributed by atoms with Crippen LogP contribution in [0.1, 0.15) is 68.2 Å². The zero-order valence-corrected chi connectivity index (χ0v) is 9.62. The van der Waals surface area contributed by atoms with E-state index in [-0.39, 0.29) is 7.43 Å². The molecule has 0 nitrogen and oxygen atoms in total. The van der Waals surface area contributed by atoms with Gasteiger partial charge in [0.25, 0.3) is 0 Å². The zero-order valence-electron chi connectivity index (χ0n) is 9.62. The maximum absolute atomic E-state index is 2.41. The Kier molecular flexibility index (Phi) is 3.29. The maximum atomic E-state index is 2.41. The Hall–Kier alpha value is 0. The van der Waals surface area contributed by atoms with Crippen LogP contribution in [0.5, 0.6) is 0 Å². The van der Waals surface area contributed by atoms with Gasteiger partial charge in [-0.1, -0.05) is 49.0 Å². The molecule has 0 heterocycles. The van der Waals surface area contributed by atoms with Crippen LogP contribution in [-0.2, 0) is 0 Å². The molecule has 0 amide bonds. The summed E-state index contributed by atoms with van der Waals surface area (Å²) in [6.07, 6.45) is 4.14. The Bertz CT molecular complexity index is 127. The summed E-state index contributed by atoms with van der Waals surface area (Å²) in [5.41, 5.74) is 1.64. The standard InChI is InChI=1S/C12H24.CH4/c1-10(2)7-11(3,4)9-12(5,6)8-10;/h7-9H2,1-6H3;1H4. The lowest BCUT2D eigenvalue weighted by molar-refractivity contribution is 0.0203. The van der Waals surface area contributed by atoms with Gasteiger partial charge < -0.3 is 0 Å². The van der Waals surface area contributed by atoms with E-state index in [1.165, 1.54) is 19.3 Å². The van der Waals surface area contributed by atoms with Crippen LogP contribution in [0, 0.1) is 16.2 Å². The van der Waals surface area contributed by atoms with E-state index in [1.807, 2.05) is 0 Å². The minimum Gasteiger partial charge on any atom is -0.0776 e. The summed E-state index contributed by atoms with van der Waals surface area (Å²) in [7, 11) is 0. The third kappa shape index (κ3) is 3.70. The van der Waals surface area contributed by atoms with E-state index in [0.29, 0.717) is 16.2 Å². The highest BCUT2D eigenvalue weighted by Gasteiger charge is 2.41. The van der Waals surface area contributed by atoms with E-state index in [9.17, 15) is 0 Å². The minimum absolute atomic E-state index is 0. The summed E-state index contributed by atoms with van der Waals surface area (Å²) in [6, 6.07) is 0. The molecule has 1 rings (SSSR count). The van der Waals surface area contributed by atoms with Gasteiger partial charge in [0.1, 0.15) is 0 Å². The first-order chi connectivity index (χ1) is 5.12. The molecule has 0 aromatic carbocycles. The van der Waals surface area contributed by atoms with Crippen LogP contribution in [0.15, 0.2) is 0 Å². The van der Waals surface area contributed by atoms with Crippen molar-refractivity contribution in [2.24, 2.45) is 16.2 Å². The Labute approximate surface area is 85.1 Å². The predicted octanol–water partition coefficient (Wildman–Crippen LogP) is 4.89. The molecular weight excluding hydrogens is 156 g/mol. The predicted molar refractivity (Wildman–Crippen MR) is 61.9 cm³/mol. The summed E-state index contributed by atoms with van der Waals surface area (Å²) in [5, 5.41) is 0. The molecule has 1 fully saturated rings. The molecule has 0 bridgehead atoms. The van der Waals surface area contributed by atoms with Gasteiger partial charge in [-0.15, -0.1) is 0 Å². The molecule has 0 aromatic rings. The van der Waals surface area contributed by atoms with Gasteiger partial charge in [-0.3, -0.25) is 0 Å². The smallest absolute Gasteiger partial charge is 0.0344 e. The summed E-state index contributed by atoms with van der Waals surface area (Å²) < 4.78 is 0. The van der Waals surface area contributed by atoms with Gasteiger partial charge in [-0.05, 0) is 35.5 Å². The molecule has 1 aliphatic carbocycles. The van der Waals surface area contributed by atoms with Crippen LogP contribution in [0.2, 0.25) is 0 Å². The molecule has 1 saturated carbocycles. The molecule has 80 valence electrons. The molecule has 0 aromatic heterocycles. The van der Waals surface area contributed by atoms with Gasteiger partial charge in [0, 0.05) is 0 Å². The quantitative estimate of drug-likeness (QED) is 0.503. The summed E-state index contributed by atoms with van der Waals surface area (Å²) >= 11 is 0. The monoisotopic (exact) mass is 184 g/mol. The summed E-state index contributed by atoms with van der Waals surface area (Å²) in [5.74, 6) is 0. The highest BCUT2D eigenvalue weighted by Crippen LogP contribution is 2.53. The fourth-order valence-electron chi connectivity index (χ4n) is 4.07. The normalized spacial score (nSPS) is 29.1. The van der Waals surface area contributed by atoms with Crippen molar-refractivity contribution in [3.05, 3.63) is 0 Å². The first kappa shape index (κ1) is 13.0. The second-order valence-corrected chi connectivity index (χ2v) is 7.02. The Balaban J connectivity index is 0.00000144. The average Bonchev–Trinajstić information content (AvgIpc) is 1.44. The maximum Gasteiger partial charge on any atom is -0.0344 e. The van der Waals surface area contributed by atoms with Gasteiger partial charge in [-0.2, -0.15) is 0 Å². The summed E-state index contributed by atoms with van der Waals surface area (Å²) in [6.45, 7) is 14.5. The van der Waals surface area contributed by atoms with Gasteiger partial charge in [0.2, 0.25) is 0 Å². The number of rotatable bonds is 0. The molecule has 13 heavy (non-hydrogen) atoms. The molecule has 0 aliphatic heterocycles. The topological polar surface area (TPSA) is 0 Å². The van der Waals surface area contributed by atoms with Gasteiger partial charge in [0.05, 0.1) is 0 Å². The van der Waals surface area contributed by atoms with Crippen molar-refractivity contribution in [2.75, 3.05) is 0 Å². The van der Waals surface area contributed by atoms with E-state index in [1.54, 1.807) is 0 Å². The van der Waals surface area contributed by atoms with Crippen LogP contribution in [0.3, 0.4) is 0 Å². The van der Waals surface area contributed by atoms with Gasteiger partial charge >= 0.3 is 0 Å². The second kappa shape index (κ2) is 3.29. The van der Waals surface area contributed by atoms with Crippen molar-refractivity contribution in [3.63, 3.8) is 0 Å². The molecule has 1 aliphatic rings. The van der Waals surface area contributed by atoms with E-state index in [4.69, 9.17) is 0 Å². The fraction of sp³-hybridized carbons (Fsp3) is 1.00. The number of hydrogen-bond acceptors (Lipinski definition) is 0. The van der Waals surface area contributed by atoms with E-state index in [2.05, 4.69) is 41.5 Å². The minimum atomic E-state index is 0. The lowest BCUT2D eigenvalue weighted by Crippen LogP contribution is -2.38. The molecule has 0 saturated heterocycles. The highest BCUT2D eigenvalue weighted by molar-refractivity contribution is 4.92. The third-order valence-electron chi connectivity index (χ3n) is 2.87. The lowest BCUT2D eigenvalue weighted by Gasteiger charge is -2.49. The highest BCUT2D eigenvalue weighted by atomic mass is 14.5. The van der Waals surface area contributed by atoms with Crippen LogP contribution >= 0.6 is 0 Å². The van der Waals surface area contributed by atoms with Crippen LogP contribution in [0.4, 0.5) is 0 Å². The van der Waals surface area contributed by atoms with Crippen LogP contribution in [-0.4, -0.2) is 0 Å². The Morgan fingerprint density at radius 3 is 0.846 bits per heavy atom. The Morgan fingerprint density at radius 1 is 0.538 bits per heavy atom. The van der Waals surface area contributed by atoms with Crippen molar-refractivity contribution in [1.29, 1.82) is 0 Å². The van der Waals surface area contributed by atoms with Crippen molar-refractivity contribution in [2.45, 2.75) is 68.2 Å². The van der Waals surface area contributed by atoms with Crippen LogP contribution in [0.25, 0.3) is 0 Å². The van der Waals surface area contributed by atoms with Gasteiger partial charge in [0.15, 0.2) is 0 Å². The molecule has 0 spiro atoms. The largest absolute Gasteiger partial charge is 0.0776 e. The van der Waals surface area contributed by atoms with Crippen molar-refractivity contribution in [1.82, 2.24) is 0 Å². The van der Waals surface area contributed by atoms with E-state index < -0.39 is 0 Å². The average molecular weight is 184 g/mol. The lowest BCUT2D eigenvalue weighted by atomic mass is 9.56. The fourth-order valence-corrected chi connectivity index (χ4v) is 4.07. The molecule has 0 N–H and O–H groups in total. The Morgan fingerprint density at radius 2 is 0.692 bits per heavy atom. The van der Waals surface area contributed by atoms with E-state index in [0.717, 1.165) is 0 Å². The van der Waals surface area contributed by atoms with Gasteiger partial charge in [-0.25, -0.2) is 0 Å². The SMILES string of the molecule is C.CC1(C)CC(C)(C)CC(C)(C)C1. The second-order valence-electron chi connectivity index (χ2n) is 7.02. The van der Waals surface area contributed by atoms with Crippen molar-refractivity contribution >= 4 is 0 Å². The first-order valence-corrected chi connectivity index (χ1v) is 5.12. The zero-order chi connectivity index (χ0) is 9.62. The van der Waals surface area contributed by atoms with Crippen molar-refractivity contribution < 1.29 is 0 Å².